The quantitative estimate of drug-likeness (QED) is 0.233. The Kier molecular flexibility index (Phi) is 6.90. The number of aliphatic hydroxyl groups excluding tert-OH is 1. The zero-order valence-electron chi connectivity index (χ0n) is 20.9. The third-order valence-electron chi connectivity index (χ3n) is 7.07. The Morgan fingerprint density at radius 1 is 0.975 bits per heavy atom. The maximum absolute atomic E-state index is 13.3. The summed E-state index contributed by atoms with van der Waals surface area (Å²) in [5, 5.41) is 16.0. The number of benzene rings is 2. The largest absolute Gasteiger partial charge is 0.433 e. The molecule has 5 aromatic rings. The molecule has 0 amide bonds. The molecule has 1 N–H and O–H groups in total. The number of alkyl halides is 3. The summed E-state index contributed by atoms with van der Waals surface area (Å²) >= 11 is 12.8. The smallest absolute Gasteiger partial charge is 0.394 e. The molecule has 0 aliphatic carbocycles. The Labute approximate surface area is 237 Å². The maximum Gasteiger partial charge on any atom is 0.433 e. The molecule has 40 heavy (non-hydrogen) atoms. The van der Waals surface area contributed by atoms with E-state index in [-0.39, 0.29) is 12.6 Å². The number of aromatic nitrogens is 4. The topological polar surface area (TPSA) is 66.5 Å². The lowest BCUT2D eigenvalue weighted by atomic mass is 10.0. The van der Waals surface area contributed by atoms with Gasteiger partial charge in [-0.1, -0.05) is 53.5 Å². The first-order chi connectivity index (χ1) is 19.2. The van der Waals surface area contributed by atoms with Gasteiger partial charge in [-0.2, -0.15) is 18.3 Å². The van der Waals surface area contributed by atoms with Crippen LogP contribution < -0.4 is 4.90 Å². The second-order valence-corrected chi connectivity index (χ2v) is 10.4. The van der Waals surface area contributed by atoms with Crippen molar-refractivity contribution in [3.05, 3.63) is 88.7 Å². The van der Waals surface area contributed by atoms with E-state index < -0.39 is 11.9 Å². The summed E-state index contributed by atoms with van der Waals surface area (Å²) in [5.41, 5.74) is 3.12. The fourth-order valence-corrected chi connectivity index (χ4v) is 5.47. The summed E-state index contributed by atoms with van der Waals surface area (Å²) in [6, 6.07) is 18.5. The third kappa shape index (κ3) is 4.78. The fourth-order valence-electron chi connectivity index (χ4n) is 5.12. The van der Waals surface area contributed by atoms with Gasteiger partial charge in [-0.3, -0.25) is 4.98 Å². The number of hydrogen-bond acceptors (Lipinski definition) is 5. The van der Waals surface area contributed by atoms with Crippen LogP contribution >= 0.6 is 23.2 Å². The first-order valence-electron chi connectivity index (χ1n) is 12.6. The third-order valence-corrected chi connectivity index (χ3v) is 7.65. The summed E-state index contributed by atoms with van der Waals surface area (Å²) in [4.78, 5) is 10.7. The molecule has 0 radical (unpaired) electrons. The van der Waals surface area contributed by atoms with Crippen LogP contribution in [0.1, 0.15) is 18.5 Å². The van der Waals surface area contributed by atoms with Crippen molar-refractivity contribution in [2.75, 3.05) is 18.1 Å². The zero-order valence-corrected chi connectivity index (χ0v) is 22.4. The number of fused-ring (bicyclic) bond motifs is 1. The van der Waals surface area contributed by atoms with Gasteiger partial charge >= 0.3 is 6.18 Å². The number of aliphatic hydroxyl groups is 1. The van der Waals surface area contributed by atoms with Gasteiger partial charge in [0.25, 0.3) is 0 Å². The molecule has 2 aromatic carbocycles. The van der Waals surface area contributed by atoms with Crippen molar-refractivity contribution >= 4 is 34.7 Å². The molecule has 204 valence electrons. The summed E-state index contributed by atoms with van der Waals surface area (Å²) in [6.45, 7) is 0.638. The first-order valence-corrected chi connectivity index (χ1v) is 13.4. The molecule has 1 fully saturated rings. The zero-order chi connectivity index (χ0) is 28.0. The normalized spacial score (nSPS) is 15.8. The van der Waals surface area contributed by atoms with E-state index in [0.717, 1.165) is 24.5 Å². The SMILES string of the molecule is OCC1CCCN1c1cc(-c2ccc(C(F)(F)F)nc2)n2nc(-c3ccccc3Cl)c(-c3ccc(Cl)cc3)c2n1. The average Bonchev–Trinajstić information content (AvgIpc) is 3.58. The van der Waals surface area contributed by atoms with Crippen LogP contribution in [0, 0.1) is 0 Å². The van der Waals surface area contributed by atoms with Gasteiger partial charge in [0.1, 0.15) is 17.2 Å². The van der Waals surface area contributed by atoms with Crippen molar-refractivity contribution in [2.24, 2.45) is 0 Å². The van der Waals surface area contributed by atoms with Crippen molar-refractivity contribution in [1.29, 1.82) is 0 Å². The molecule has 0 bridgehead atoms. The minimum absolute atomic E-state index is 0.0434. The van der Waals surface area contributed by atoms with Gasteiger partial charge in [0.05, 0.1) is 28.9 Å². The molecule has 11 heteroatoms. The van der Waals surface area contributed by atoms with E-state index in [1.807, 2.05) is 35.2 Å². The van der Waals surface area contributed by atoms with Gasteiger partial charge in [-0.05, 0) is 48.7 Å². The number of anilines is 1. The highest BCUT2D eigenvalue weighted by molar-refractivity contribution is 6.33. The summed E-state index contributed by atoms with van der Waals surface area (Å²) < 4.78 is 41.5. The van der Waals surface area contributed by atoms with Crippen molar-refractivity contribution in [3.8, 4) is 33.6 Å². The number of hydrogen-bond donors (Lipinski definition) is 1. The lowest BCUT2D eigenvalue weighted by Gasteiger charge is -2.25. The number of rotatable bonds is 5. The van der Waals surface area contributed by atoms with Crippen LogP contribution in [-0.2, 0) is 6.18 Å². The van der Waals surface area contributed by atoms with Crippen LogP contribution in [0.2, 0.25) is 10.0 Å². The van der Waals surface area contributed by atoms with Crippen molar-refractivity contribution in [1.82, 2.24) is 19.6 Å². The predicted molar refractivity (Wildman–Crippen MR) is 150 cm³/mol. The van der Waals surface area contributed by atoms with E-state index in [9.17, 15) is 18.3 Å². The molecule has 1 atom stereocenters. The Morgan fingerprint density at radius 3 is 2.40 bits per heavy atom. The van der Waals surface area contributed by atoms with Crippen LogP contribution in [0.5, 0.6) is 0 Å². The minimum atomic E-state index is -4.56. The molecule has 1 saturated heterocycles. The standard InChI is InChI=1S/C29H22Cl2F3N5O/c30-19-10-7-17(8-11-19)26-27(21-5-1-2-6-22(21)31)37-39-23(18-9-12-24(35-15-18)29(32,33)34)14-25(36-28(26)39)38-13-3-4-20(38)16-40/h1-2,5-12,14-15,20,40H,3-4,13,16H2. The molecule has 0 spiro atoms. The first kappa shape index (κ1) is 26.6. The highest BCUT2D eigenvalue weighted by Gasteiger charge is 2.33. The Bertz CT molecular complexity index is 1690. The van der Waals surface area contributed by atoms with E-state index in [1.165, 1.54) is 12.3 Å². The Morgan fingerprint density at radius 2 is 1.73 bits per heavy atom. The summed E-state index contributed by atoms with van der Waals surface area (Å²) in [5.74, 6) is 0.583. The second-order valence-electron chi connectivity index (χ2n) is 9.55. The van der Waals surface area contributed by atoms with Gasteiger partial charge < -0.3 is 10.0 Å². The average molecular weight is 584 g/mol. The molecule has 1 aliphatic rings. The Hall–Kier alpha value is -3.66. The molecule has 3 aromatic heterocycles. The fraction of sp³-hybridized carbons (Fsp3) is 0.207. The monoisotopic (exact) mass is 583 g/mol. The lowest BCUT2D eigenvalue weighted by Crippen LogP contribution is -2.32. The molecule has 1 aliphatic heterocycles. The van der Waals surface area contributed by atoms with E-state index in [4.69, 9.17) is 33.3 Å². The number of nitrogens with zero attached hydrogens (tertiary/aromatic N) is 5. The highest BCUT2D eigenvalue weighted by Crippen LogP contribution is 2.41. The van der Waals surface area contributed by atoms with Gasteiger partial charge in [0.15, 0.2) is 5.65 Å². The van der Waals surface area contributed by atoms with Crippen LogP contribution in [0.15, 0.2) is 72.9 Å². The van der Waals surface area contributed by atoms with Crippen LogP contribution in [-0.4, -0.2) is 43.9 Å². The molecule has 6 nitrogen and oxygen atoms in total. The molecule has 6 rings (SSSR count). The van der Waals surface area contributed by atoms with Crippen molar-refractivity contribution < 1.29 is 18.3 Å². The molecular weight excluding hydrogens is 562 g/mol. The highest BCUT2D eigenvalue weighted by atomic mass is 35.5. The molecule has 4 heterocycles. The van der Waals surface area contributed by atoms with Crippen LogP contribution in [0.4, 0.5) is 19.0 Å². The van der Waals surface area contributed by atoms with Gasteiger partial charge in [-0.25, -0.2) is 9.50 Å². The van der Waals surface area contributed by atoms with Gasteiger partial charge in [0, 0.05) is 35.0 Å². The van der Waals surface area contributed by atoms with E-state index >= 15 is 0 Å². The second kappa shape index (κ2) is 10.4. The maximum atomic E-state index is 13.3. The van der Waals surface area contributed by atoms with E-state index in [1.54, 1.807) is 28.8 Å². The minimum Gasteiger partial charge on any atom is -0.394 e. The lowest BCUT2D eigenvalue weighted by molar-refractivity contribution is -0.141. The van der Waals surface area contributed by atoms with E-state index in [0.29, 0.717) is 56.1 Å². The van der Waals surface area contributed by atoms with Gasteiger partial charge in [0.2, 0.25) is 0 Å². The summed E-state index contributed by atoms with van der Waals surface area (Å²) in [6.07, 6.45) is -1.70. The predicted octanol–water partition coefficient (Wildman–Crippen LogP) is 7.41. The van der Waals surface area contributed by atoms with Gasteiger partial charge in [-0.15, -0.1) is 0 Å². The van der Waals surface area contributed by atoms with Crippen LogP contribution in [0.3, 0.4) is 0 Å². The Balaban J connectivity index is 1.67. The van der Waals surface area contributed by atoms with Crippen molar-refractivity contribution in [2.45, 2.75) is 25.1 Å². The molecular formula is C29H22Cl2F3N5O. The molecule has 0 saturated carbocycles. The van der Waals surface area contributed by atoms with Crippen molar-refractivity contribution in [3.63, 3.8) is 0 Å². The van der Waals surface area contributed by atoms with E-state index in [2.05, 4.69) is 4.98 Å². The number of halogens is 5. The number of pyridine rings is 1. The summed E-state index contributed by atoms with van der Waals surface area (Å²) in [7, 11) is 0. The van der Waals surface area contributed by atoms with Crippen LogP contribution in [0.25, 0.3) is 39.3 Å². The molecule has 1 unspecified atom stereocenters.